The first kappa shape index (κ1) is 12.1. The van der Waals surface area contributed by atoms with Crippen molar-refractivity contribution in [1.82, 2.24) is 0 Å². The zero-order valence-electron chi connectivity index (χ0n) is 9.36. The summed E-state index contributed by atoms with van der Waals surface area (Å²) in [5.74, 6) is -0.523. The van der Waals surface area contributed by atoms with Gasteiger partial charge in [-0.3, -0.25) is 0 Å². The van der Waals surface area contributed by atoms with E-state index in [1.54, 1.807) is 18.2 Å². The van der Waals surface area contributed by atoms with Gasteiger partial charge in [-0.1, -0.05) is 0 Å². The van der Waals surface area contributed by atoms with Crippen LogP contribution < -0.4 is 5.73 Å². The zero-order valence-corrected chi connectivity index (χ0v) is 9.36. The summed E-state index contributed by atoms with van der Waals surface area (Å²) in [7, 11) is 1.32. The molecule has 0 heterocycles. The lowest BCUT2D eigenvalue weighted by molar-refractivity contribution is 0.0600. The van der Waals surface area contributed by atoms with Crippen LogP contribution in [0.1, 0.15) is 22.8 Å². The number of methoxy groups -OCH3 is 1. The Labute approximate surface area is 94.6 Å². The highest BCUT2D eigenvalue weighted by Crippen LogP contribution is 2.16. The van der Waals surface area contributed by atoms with Gasteiger partial charge in [0.05, 0.1) is 18.7 Å². The van der Waals surface area contributed by atoms with Gasteiger partial charge in [0.2, 0.25) is 0 Å². The number of carbonyl (C=O) groups is 1. The Bertz CT molecular complexity index is 435. The number of anilines is 1. The molecule has 1 unspecified atom stereocenters. The van der Waals surface area contributed by atoms with E-state index >= 15 is 0 Å². The molecule has 0 saturated carbocycles. The van der Waals surface area contributed by atoms with Crippen LogP contribution in [0, 0.1) is 17.2 Å². The number of ether oxygens (including phenoxy) is 1. The van der Waals surface area contributed by atoms with Crippen LogP contribution in [0.25, 0.3) is 0 Å². The lowest BCUT2D eigenvalue weighted by Crippen LogP contribution is -2.05. The summed E-state index contributed by atoms with van der Waals surface area (Å²) < 4.78 is 4.62. The standard InChI is InChI=1S/C12H14N2O2/c1-8(7-13)3-9-4-10(12(15)16-2)6-11(14)5-9/h4-6,8H,3,14H2,1-2H3. The first-order valence-corrected chi connectivity index (χ1v) is 4.94. The molecular weight excluding hydrogens is 204 g/mol. The number of nitriles is 1. The number of nitrogen functional groups attached to an aromatic ring is 1. The van der Waals surface area contributed by atoms with Crippen LogP contribution >= 0.6 is 0 Å². The second kappa shape index (κ2) is 5.17. The summed E-state index contributed by atoms with van der Waals surface area (Å²) in [6.45, 7) is 1.82. The maximum Gasteiger partial charge on any atom is 0.337 e. The minimum absolute atomic E-state index is 0.104. The quantitative estimate of drug-likeness (QED) is 0.619. The van der Waals surface area contributed by atoms with Crippen molar-refractivity contribution >= 4 is 11.7 Å². The van der Waals surface area contributed by atoms with Crippen LogP contribution in [0.15, 0.2) is 18.2 Å². The van der Waals surface area contributed by atoms with E-state index in [9.17, 15) is 4.79 Å². The highest BCUT2D eigenvalue weighted by Gasteiger charge is 2.09. The van der Waals surface area contributed by atoms with Crippen molar-refractivity contribution < 1.29 is 9.53 Å². The van der Waals surface area contributed by atoms with Crippen LogP contribution in [0.2, 0.25) is 0 Å². The summed E-state index contributed by atoms with van der Waals surface area (Å²) in [4.78, 5) is 11.3. The number of hydrogen-bond donors (Lipinski definition) is 1. The molecule has 4 heteroatoms. The zero-order chi connectivity index (χ0) is 12.1. The van der Waals surface area contributed by atoms with Crippen molar-refractivity contribution in [1.29, 1.82) is 5.26 Å². The lowest BCUT2D eigenvalue weighted by atomic mass is 10.00. The molecule has 1 rings (SSSR count). The summed E-state index contributed by atoms with van der Waals surface area (Å²) >= 11 is 0. The number of carbonyl (C=O) groups excluding carboxylic acids is 1. The molecule has 2 N–H and O–H groups in total. The number of nitrogens with zero attached hydrogens (tertiary/aromatic N) is 1. The third-order valence-electron chi connectivity index (χ3n) is 2.20. The van der Waals surface area contributed by atoms with Gasteiger partial charge < -0.3 is 10.5 Å². The molecule has 0 fully saturated rings. The SMILES string of the molecule is COC(=O)c1cc(N)cc(CC(C)C#N)c1. The predicted molar refractivity (Wildman–Crippen MR) is 60.7 cm³/mol. The second-order valence-electron chi connectivity index (χ2n) is 3.69. The molecule has 0 amide bonds. The van der Waals surface area contributed by atoms with E-state index in [4.69, 9.17) is 11.0 Å². The fourth-order valence-electron chi connectivity index (χ4n) is 1.47. The number of rotatable bonds is 3. The van der Waals surface area contributed by atoms with Crippen molar-refractivity contribution in [3.05, 3.63) is 29.3 Å². The monoisotopic (exact) mass is 218 g/mol. The number of hydrogen-bond acceptors (Lipinski definition) is 4. The molecule has 0 saturated heterocycles. The molecule has 0 radical (unpaired) electrons. The molecule has 84 valence electrons. The molecule has 0 aliphatic rings. The van der Waals surface area contributed by atoms with Crippen molar-refractivity contribution in [3.63, 3.8) is 0 Å². The maximum absolute atomic E-state index is 11.3. The van der Waals surface area contributed by atoms with Gasteiger partial charge in [-0.25, -0.2) is 4.79 Å². The smallest absolute Gasteiger partial charge is 0.337 e. The van der Waals surface area contributed by atoms with E-state index in [2.05, 4.69) is 10.8 Å². The molecule has 0 spiro atoms. The van der Waals surface area contributed by atoms with Gasteiger partial charge in [0.25, 0.3) is 0 Å². The maximum atomic E-state index is 11.3. The van der Waals surface area contributed by atoms with Crippen LogP contribution in [-0.4, -0.2) is 13.1 Å². The van der Waals surface area contributed by atoms with Crippen LogP contribution in [-0.2, 0) is 11.2 Å². The molecule has 4 nitrogen and oxygen atoms in total. The molecule has 0 aliphatic carbocycles. The van der Waals surface area contributed by atoms with Crippen molar-refractivity contribution in [2.75, 3.05) is 12.8 Å². The molecule has 0 aromatic heterocycles. The average molecular weight is 218 g/mol. The normalized spacial score (nSPS) is 11.6. The van der Waals surface area contributed by atoms with Crippen LogP contribution in [0.3, 0.4) is 0 Å². The van der Waals surface area contributed by atoms with Gasteiger partial charge in [0.15, 0.2) is 0 Å². The Hall–Kier alpha value is -2.02. The third-order valence-corrected chi connectivity index (χ3v) is 2.20. The van der Waals surface area contributed by atoms with Gasteiger partial charge in [-0.15, -0.1) is 0 Å². The fraction of sp³-hybridized carbons (Fsp3) is 0.333. The molecule has 1 aromatic rings. The van der Waals surface area contributed by atoms with Gasteiger partial charge >= 0.3 is 5.97 Å². The molecule has 1 aromatic carbocycles. The van der Waals surface area contributed by atoms with E-state index in [1.165, 1.54) is 7.11 Å². The minimum atomic E-state index is -0.418. The van der Waals surface area contributed by atoms with E-state index < -0.39 is 5.97 Å². The lowest BCUT2D eigenvalue weighted by Gasteiger charge is -2.07. The number of benzene rings is 1. The van der Waals surface area contributed by atoms with Crippen molar-refractivity contribution in [2.24, 2.45) is 5.92 Å². The Morgan fingerprint density at radius 3 is 2.81 bits per heavy atom. The molecule has 0 bridgehead atoms. The number of esters is 1. The van der Waals surface area contributed by atoms with Gasteiger partial charge in [0, 0.05) is 11.6 Å². The fourth-order valence-corrected chi connectivity index (χ4v) is 1.47. The Balaban J connectivity index is 2.99. The minimum Gasteiger partial charge on any atom is -0.465 e. The third kappa shape index (κ3) is 2.99. The van der Waals surface area contributed by atoms with Gasteiger partial charge in [-0.05, 0) is 37.1 Å². The summed E-state index contributed by atoms with van der Waals surface area (Å²) in [5.41, 5.74) is 7.47. The van der Waals surface area contributed by atoms with Crippen LogP contribution in [0.5, 0.6) is 0 Å². The highest BCUT2D eigenvalue weighted by molar-refractivity contribution is 5.90. The van der Waals surface area contributed by atoms with Gasteiger partial charge in [0.1, 0.15) is 0 Å². The summed E-state index contributed by atoms with van der Waals surface area (Å²) in [6, 6.07) is 7.17. The van der Waals surface area contributed by atoms with Crippen LogP contribution in [0.4, 0.5) is 5.69 Å². The molecular formula is C12H14N2O2. The number of nitrogens with two attached hydrogens (primary N) is 1. The first-order valence-electron chi connectivity index (χ1n) is 4.94. The second-order valence-corrected chi connectivity index (χ2v) is 3.69. The summed E-state index contributed by atoms with van der Waals surface area (Å²) in [5, 5.41) is 8.72. The van der Waals surface area contributed by atoms with E-state index in [-0.39, 0.29) is 5.92 Å². The van der Waals surface area contributed by atoms with E-state index in [1.807, 2.05) is 6.92 Å². The molecule has 16 heavy (non-hydrogen) atoms. The van der Waals surface area contributed by atoms with E-state index in [0.717, 1.165) is 5.56 Å². The predicted octanol–water partition coefficient (Wildman–Crippen LogP) is 1.76. The largest absolute Gasteiger partial charge is 0.465 e. The van der Waals surface area contributed by atoms with E-state index in [0.29, 0.717) is 17.7 Å². The average Bonchev–Trinajstić information content (AvgIpc) is 2.27. The van der Waals surface area contributed by atoms with Crippen molar-refractivity contribution in [3.8, 4) is 6.07 Å². The topological polar surface area (TPSA) is 76.1 Å². The Kier molecular flexibility index (Phi) is 3.90. The highest BCUT2D eigenvalue weighted by atomic mass is 16.5. The summed E-state index contributed by atoms with van der Waals surface area (Å²) in [6.07, 6.45) is 0.575. The van der Waals surface area contributed by atoms with Crippen molar-refractivity contribution in [2.45, 2.75) is 13.3 Å². The van der Waals surface area contributed by atoms with Gasteiger partial charge in [-0.2, -0.15) is 5.26 Å². The first-order chi connectivity index (χ1) is 7.56. The Morgan fingerprint density at radius 2 is 2.25 bits per heavy atom. The molecule has 0 aliphatic heterocycles. The molecule has 1 atom stereocenters. The Morgan fingerprint density at radius 1 is 1.56 bits per heavy atom.